The first-order valence-corrected chi connectivity index (χ1v) is 13.7. The van der Waals surface area contributed by atoms with Crippen LogP contribution in [-0.4, -0.2) is 33.2 Å². The number of aromatic nitrogens is 3. The minimum atomic E-state index is 0.387. The Balaban J connectivity index is 1.57. The summed E-state index contributed by atoms with van der Waals surface area (Å²) >= 11 is 0. The average molecular weight is 497 g/mol. The van der Waals surface area contributed by atoms with Crippen molar-refractivity contribution >= 4 is 10.9 Å². The Morgan fingerprint density at radius 3 is 2.49 bits per heavy atom. The molecule has 0 saturated carbocycles. The van der Waals surface area contributed by atoms with Crippen LogP contribution >= 0.6 is 0 Å². The second-order valence-electron chi connectivity index (χ2n) is 11.2. The highest BCUT2D eigenvalue weighted by atomic mass is 16.5. The Morgan fingerprint density at radius 2 is 1.76 bits per heavy atom. The van der Waals surface area contributed by atoms with E-state index in [0.717, 1.165) is 47.7 Å². The van der Waals surface area contributed by atoms with Gasteiger partial charge in [-0.3, -0.25) is 15.0 Å². The number of hydrogen-bond donors (Lipinski definition) is 1. The molecule has 0 spiro atoms. The smallest absolute Gasteiger partial charge is 0.123 e. The Bertz CT molecular complexity index is 1400. The van der Waals surface area contributed by atoms with Crippen molar-refractivity contribution in [3.8, 4) is 17.0 Å². The quantitative estimate of drug-likeness (QED) is 0.272. The number of nitrogens with one attached hydrogen (secondary N) is 1. The molecular formula is C32H40N4O. The van der Waals surface area contributed by atoms with Gasteiger partial charge in [0.05, 0.1) is 17.4 Å². The highest BCUT2D eigenvalue weighted by molar-refractivity contribution is 5.95. The van der Waals surface area contributed by atoms with Gasteiger partial charge in [-0.05, 0) is 92.1 Å². The number of fused-ring (bicyclic) bond motifs is 1. The van der Waals surface area contributed by atoms with E-state index in [1.54, 1.807) is 0 Å². The first-order chi connectivity index (χ1) is 17.8. The zero-order valence-corrected chi connectivity index (χ0v) is 23.2. The third-order valence-electron chi connectivity index (χ3n) is 7.80. The van der Waals surface area contributed by atoms with Crippen molar-refractivity contribution < 1.29 is 4.74 Å². The monoisotopic (exact) mass is 496 g/mol. The van der Waals surface area contributed by atoms with Crippen LogP contribution in [0.5, 0.6) is 5.75 Å². The highest BCUT2D eigenvalue weighted by Gasteiger charge is 2.21. The largest absolute Gasteiger partial charge is 0.489 e. The molecule has 5 rings (SSSR count). The SMILES string of the molecule is Cc1ccc(C(C)C)cc1OCc1c(CN2CCCC2)cc(-c2c(C(C)C)ccc3[nH]ncc23)nc1C. The van der Waals surface area contributed by atoms with Crippen molar-refractivity contribution in [2.24, 2.45) is 0 Å². The minimum Gasteiger partial charge on any atom is -0.489 e. The van der Waals surface area contributed by atoms with Gasteiger partial charge in [0.1, 0.15) is 12.4 Å². The van der Waals surface area contributed by atoms with Gasteiger partial charge >= 0.3 is 0 Å². The molecule has 2 aromatic heterocycles. The predicted octanol–water partition coefficient (Wildman–Crippen LogP) is 7.66. The predicted molar refractivity (Wildman–Crippen MR) is 152 cm³/mol. The summed E-state index contributed by atoms with van der Waals surface area (Å²) in [6.45, 7) is 17.0. The lowest BCUT2D eigenvalue weighted by molar-refractivity contribution is 0.292. The molecule has 2 aromatic carbocycles. The van der Waals surface area contributed by atoms with Crippen molar-refractivity contribution in [2.45, 2.75) is 79.4 Å². The number of ether oxygens (including phenoxy) is 1. The molecule has 4 aromatic rings. The van der Waals surface area contributed by atoms with Crippen LogP contribution in [-0.2, 0) is 13.2 Å². The van der Waals surface area contributed by atoms with Crippen LogP contribution < -0.4 is 4.74 Å². The van der Waals surface area contributed by atoms with Gasteiger partial charge in [-0.2, -0.15) is 5.10 Å². The van der Waals surface area contributed by atoms with Crippen LogP contribution in [0.1, 0.15) is 85.9 Å². The van der Waals surface area contributed by atoms with Gasteiger partial charge in [-0.1, -0.05) is 45.9 Å². The second-order valence-corrected chi connectivity index (χ2v) is 11.2. The summed E-state index contributed by atoms with van der Waals surface area (Å²) in [6, 6.07) is 13.2. The van der Waals surface area contributed by atoms with Crippen LogP contribution in [0.4, 0.5) is 0 Å². The fraction of sp³-hybridized carbons (Fsp3) is 0.438. The molecule has 3 heterocycles. The molecule has 1 aliphatic heterocycles. The summed E-state index contributed by atoms with van der Waals surface area (Å²) in [7, 11) is 0. The van der Waals surface area contributed by atoms with Gasteiger partial charge in [-0.25, -0.2) is 0 Å². The maximum Gasteiger partial charge on any atom is 0.123 e. The lowest BCUT2D eigenvalue weighted by Crippen LogP contribution is -2.20. The van der Waals surface area contributed by atoms with Crippen molar-refractivity contribution in [2.75, 3.05) is 13.1 Å². The van der Waals surface area contributed by atoms with Gasteiger partial charge in [0.2, 0.25) is 0 Å². The van der Waals surface area contributed by atoms with Gasteiger partial charge in [0.15, 0.2) is 0 Å². The zero-order chi connectivity index (χ0) is 26.1. The lowest BCUT2D eigenvalue weighted by Gasteiger charge is -2.22. The van der Waals surface area contributed by atoms with Crippen molar-refractivity contribution in [1.82, 2.24) is 20.1 Å². The van der Waals surface area contributed by atoms with Crippen molar-refractivity contribution in [3.05, 3.63) is 76.1 Å². The molecule has 1 saturated heterocycles. The zero-order valence-electron chi connectivity index (χ0n) is 23.2. The number of rotatable bonds is 8. The standard InChI is InChI=1S/C32H40N4O/c1-20(2)24-10-9-22(5)31(16-24)37-19-28-23(6)34-30(15-25(28)18-36-13-7-8-14-36)32-26(21(3)4)11-12-29-27(32)17-33-35-29/h9-12,15-17,20-21H,7-8,13-14,18-19H2,1-6H3,(H,33,35). The molecule has 5 nitrogen and oxygen atoms in total. The Hall–Kier alpha value is -3.18. The molecule has 194 valence electrons. The summed E-state index contributed by atoms with van der Waals surface area (Å²) < 4.78 is 6.49. The Kier molecular flexibility index (Phi) is 7.34. The highest BCUT2D eigenvalue weighted by Crippen LogP contribution is 2.36. The second kappa shape index (κ2) is 10.7. The first kappa shape index (κ1) is 25.5. The van der Waals surface area contributed by atoms with E-state index >= 15 is 0 Å². The third kappa shape index (κ3) is 5.28. The minimum absolute atomic E-state index is 0.387. The van der Waals surface area contributed by atoms with Crippen molar-refractivity contribution in [1.29, 1.82) is 0 Å². The number of hydrogen-bond acceptors (Lipinski definition) is 4. The number of H-pyrrole nitrogens is 1. The van der Waals surface area contributed by atoms with E-state index in [1.807, 2.05) is 6.20 Å². The van der Waals surface area contributed by atoms with Crippen LogP contribution in [0.25, 0.3) is 22.2 Å². The molecule has 37 heavy (non-hydrogen) atoms. The van der Waals surface area contributed by atoms with Crippen LogP contribution in [0.2, 0.25) is 0 Å². The van der Waals surface area contributed by atoms with E-state index in [-0.39, 0.29) is 0 Å². The molecule has 1 aliphatic rings. The molecule has 5 heteroatoms. The number of aryl methyl sites for hydroxylation is 2. The molecule has 0 bridgehead atoms. The number of likely N-dealkylation sites (tertiary alicyclic amines) is 1. The van der Waals surface area contributed by atoms with Crippen molar-refractivity contribution in [3.63, 3.8) is 0 Å². The summed E-state index contributed by atoms with van der Waals surface area (Å²) in [5.41, 5.74) is 10.6. The molecular weight excluding hydrogens is 456 g/mol. The molecule has 1 fully saturated rings. The normalized spacial score (nSPS) is 14.4. The Labute approximate surface area is 221 Å². The first-order valence-electron chi connectivity index (χ1n) is 13.7. The van der Waals surface area contributed by atoms with E-state index in [9.17, 15) is 0 Å². The maximum absolute atomic E-state index is 6.49. The number of pyridine rings is 1. The molecule has 1 N–H and O–H groups in total. The topological polar surface area (TPSA) is 54.0 Å². The molecule has 0 aliphatic carbocycles. The Morgan fingerprint density at radius 1 is 0.973 bits per heavy atom. The molecule has 0 atom stereocenters. The summed E-state index contributed by atoms with van der Waals surface area (Å²) in [5.74, 6) is 1.82. The fourth-order valence-electron chi connectivity index (χ4n) is 5.50. The molecule has 0 unspecified atom stereocenters. The van der Waals surface area contributed by atoms with Crippen LogP contribution in [0.3, 0.4) is 0 Å². The van der Waals surface area contributed by atoms with Gasteiger partial charge in [0.25, 0.3) is 0 Å². The number of nitrogens with zero attached hydrogens (tertiary/aromatic N) is 3. The number of benzene rings is 2. The van der Waals surface area contributed by atoms with E-state index < -0.39 is 0 Å². The average Bonchev–Trinajstić information content (AvgIpc) is 3.55. The maximum atomic E-state index is 6.49. The van der Waals surface area contributed by atoms with E-state index in [0.29, 0.717) is 18.4 Å². The molecule has 0 radical (unpaired) electrons. The van der Waals surface area contributed by atoms with Crippen LogP contribution in [0.15, 0.2) is 42.6 Å². The van der Waals surface area contributed by atoms with Gasteiger partial charge in [-0.15, -0.1) is 0 Å². The fourth-order valence-corrected chi connectivity index (χ4v) is 5.50. The summed E-state index contributed by atoms with van der Waals surface area (Å²) in [4.78, 5) is 7.76. The molecule has 0 amide bonds. The lowest BCUT2D eigenvalue weighted by atomic mass is 9.91. The van der Waals surface area contributed by atoms with Crippen LogP contribution in [0, 0.1) is 13.8 Å². The third-order valence-corrected chi connectivity index (χ3v) is 7.80. The van der Waals surface area contributed by atoms with Gasteiger partial charge in [0, 0.05) is 28.8 Å². The van der Waals surface area contributed by atoms with E-state index in [2.05, 4.69) is 93.0 Å². The van der Waals surface area contributed by atoms with E-state index in [4.69, 9.17) is 9.72 Å². The summed E-state index contributed by atoms with van der Waals surface area (Å²) in [6.07, 6.45) is 4.49. The summed E-state index contributed by atoms with van der Waals surface area (Å²) in [5, 5.41) is 8.62. The number of aromatic amines is 1. The van der Waals surface area contributed by atoms with E-state index in [1.165, 1.54) is 46.2 Å². The van der Waals surface area contributed by atoms with Gasteiger partial charge < -0.3 is 4.74 Å².